The first-order chi connectivity index (χ1) is 7.08. The maximum atomic E-state index is 11.0. The van der Waals surface area contributed by atoms with Crippen molar-refractivity contribution in [1.82, 2.24) is 0 Å². The van der Waals surface area contributed by atoms with Crippen molar-refractivity contribution in [2.24, 2.45) is 10.2 Å². The predicted octanol–water partition coefficient (Wildman–Crippen LogP) is 1.47. The van der Waals surface area contributed by atoms with Crippen LogP contribution in [0.5, 0.6) is 0 Å². The number of carbonyl (C=O) groups excluding carboxylic acids is 1. The normalized spacial score (nSPS) is 10.4. The molecule has 0 fully saturated rings. The van der Waals surface area contributed by atoms with E-state index in [4.69, 9.17) is 10.8 Å². The Morgan fingerprint density at radius 1 is 1.20 bits per heavy atom. The minimum atomic E-state index is -1.49. The molecule has 0 saturated carbocycles. The zero-order valence-corrected chi connectivity index (χ0v) is 7.75. The summed E-state index contributed by atoms with van der Waals surface area (Å²) in [6.07, 6.45) is -1.47. The van der Waals surface area contributed by atoms with E-state index >= 15 is 0 Å². The maximum absolute atomic E-state index is 11.0. The molecule has 0 aliphatic carbocycles. The minimum absolute atomic E-state index is 0.0110. The molecule has 0 heterocycles. The number of carboxylic acid groups (broad SMARTS) is 1. The Kier molecular flexibility index (Phi) is 3.50. The first-order valence-electron chi connectivity index (χ1n) is 4.10. The highest BCUT2D eigenvalue weighted by atomic mass is 16.4. The number of amides is 2. The Hall–Kier alpha value is -2.24. The van der Waals surface area contributed by atoms with E-state index in [-0.39, 0.29) is 6.42 Å². The third-order valence-electron chi connectivity index (χ3n) is 1.58. The van der Waals surface area contributed by atoms with E-state index in [0.717, 1.165) is 0 Å². The van der Waals surface area contributed by atoms with Gasteiger partial charge < -0.3 is 10.8 Å². The van der Waals surface area contributed by atoms with Gasteiger partial charge in [-0.25, -0.2) is 4.79 Å². The van der Waals surface area contributed by atoms with Crippen molar-refractivity contribution in [3.63, 3.8) is 0 Å². The second-order valence-corrected chi connectivity index (χ2v) is 2.79. The largest absolute Gasteiger partial charge is 0.462 e. The number of anilines is 1. The summed E-state index contributed by atoms with van der Waals surface area (Å²) >= 11 is 0. The van der Waals surface area contributed by atoms with Crippen molar-refractivity contribution in [2.75, 3.05) is 5.73 Å². The fourth-order valence-corrected chi connectivity index (χ4v) is 0.944. The highest BCUT2D eigenvalue weighted by molar-refractivity contribution is 5.80. The van der Waals surface area contributed by atoms with Crippen LogP contribution in [0.25, 0.3) is 0 Å². The van der Waals surface area contributed by atoms with Gasteiger partial charge >= 0.3 is 6.09 Å². The molecule has 1 aromatic rings. The number of nitrogens with two attached hydrogens (primary N) is 1. The van der Waals surface area contributed by atoms with Gasteiger partial charge in [0.2, 0.25) is 0 Å². The fourth-order valence-electron chi connectivity index (χ4n) is 0.944. The van der Waals surface area contributed by atoms with Crippen LogP contribution in [-0.4, -0.2) is 17.1 Å². The first-order valence-corrected chi connectivity index (χ1v) is 4.10. The van der Waals surface area contributed by atoms with Crippen molar-refractivity contribution in [1.29, 1.82) is 0 Å². The van der Waals surface area contributed by atoms with Crippen LogP contribution in [0.1, 0.15) is 5.56 Å². The van der Waals surface area contributed by atoms with Gasteiger partial charge in [0.05, 0.1) is 6.42 Å². The Morgan fingerprint density at radius 2 is 1.80 bits per heavy atom. The van der Waals surface area contributed by atoms with E-state index in [9.17, 15) is 9.59 Å². The summed E-state index contributed by atoms with van der Waals surface area (Å²) in [7, 11) is 0. The van der Waals surface area contributed by atoms with Gasteiger partial charge in [-0.1, -0.05) is 17.2 Å². The van der Waals surface area contributed by atoms with Gasteiger partial charge in [-0.15, -0.1) is 5.11 Å². The summed E-state index contributed by atoms with van der Waals surface area (Å²) in [4.78, 5) is 21.0. The van der Waals surface area contributed by atoms with Gasteiger partial charge in [-0.3, -0.25) is 4.79 Å². The van der Waals surface area contributed by atoms with Crippen molar-refractivity contribution in [2.45, 2.75) is 6.42 Å². The predicted molar refractivity (Wildman–Crippen MR) is 52.4 cm³/mol. The van der Waals surface area contributed by atoms with Crippen LogP contribution in [0, 0.1) is 0 Å². The molecule has 0 bridgehead atoms. The molecule has 0 aliphatic heterocycles. The third-order valence-corrected chi connectivity index (χ3v) is 1.58. The van der Waals surface area contributed by atoms with Crippen LogP contribution in [0.3, 0.4) is 0 Å². The lowest BCUT2D eigenvalue weighted by Crippen LogP contribution is -1.99. The summed E-state index contributed by atoms with van der Waals surface area (Å²) in [6.45, 7) is 0. The van der Waals surface area contributed by atoms with Crippen LogP contribution in [0.2, 0.25) is 0 Å². The van der Waals surface area contributed by atoms with Gasteiger partial charge in [0.15, 0.2) is 0 Å². The van der Waals surface area contributed by atoms with E-state index in [1.54, 1.807) is 24.3 Å². The molecule has 0 radical (unpaired) electrons. The molecule has 0 aliphatic rings. The Morgan fingerprint density at radius 3 is 2.33 bits per heavy atom. The molecule has 1 aromatic carbocycles. The van der Waals surface area contributed by atoms with Gasteiger partial charge in [-0.05, 0) is 17.7 Å². The fraction of sp³-hybridized carbons (Fsp3) is 0.111. The molecular formula is C9H9N3O3. The molecule has 78 valence electrons. The SMILES string of the molecule is Nc1ccc(CC(=O)N=NC(=O)O)cc1. The molecule has 0 unspecified atom stereocenters. The molecule has 1 rings (SSSR count). The number of rotatable bonds is 2. The average molecular weight is 207 g/mol. The van der Waals surface area contributed by atoms with E-state index in [1.807, 2.05) is 0 Å². The van der Waals surface area contributed by atoms with Crippen LogP contribution in [0.15, 0.2) is 34.5 Å². The molecule has 0 atom stereocenters. The molecule has 3 N–H and O–H groups in total. The molecule has 15 heavy (non-hydrogen) atoms. The quantitative estimate of drug-likeness (QED) is 0.565. The average Bonchev–Trinajstić information content (AvgIpc) is 2.19. The molecule has 6 heteroatoms. The molecule has 0 saturated heterocycles. The molecule has 0 spiro atoms. The zero-order valence-electron chi connectivity index (χ0n) is 7.75. The van der Waals surface area contributed by atoms with Crippen LogP contribution >= 0.6 is 0 Å². The minimum Gasteiger partial charge on any atom is -0.462 e. The van der Waals surface area contributed by atoms with Gasteiger partial charge in [0.1, 0.15) is 0 Å². The Balaban J connectivity index is 2.59. The van der Waals surface area contributed by atoms with E-state index < -0.39 is 12.0 Å². The van der Waals surface area contributed by atoms with Crippen molar-refractivity contribution in [3.8, 4) is 0 Å². The third kappa shape index (κ3) is 3.99. The van der Waals surface area contributed by atoms with Gasteiger partial charge in [-0.2, -0.15) is 0 Å². The Labute approximate surface area is 85.4 Å². The smallest absolute Gasteiger partial charge is 0.450 e. The van der Waals surface area contributed by atoms with Crippen molar-refractivity contribution in [3.05, 3.63) is 29.8 Å². The monoisotopic (exact) mass is 207 g/mol. The van der Waals surface area contributed by atoms with E-state index in [1.165, 1.54) is 0 Å². The van der Waals surface area contributed by atoms with Crippen LogP contribution in [0.4, 0.5) is 10.5 Å². The summed E-state index contributed by atoms with van der Waals surface area (Å²) in [5, 5.41) is 13.8. The lowest BCUT2D eigenvalue weighted by Gasteiger charge is -1.96. The van der Waals surface area contributed by atoms with Gasteiger partial charge in [0, 0.05) is 5.69 Å². The van der Waals surface area contributed by atoms with Crippen LogP contribution < -0.4 is 5.73 Å². The summed E-state index contributed by atoms with van der Waals surface area (Å²) < 4.78 is 0. The summed E-state index contributed by atoms with van der Waals surface area (Å²) in [5.41, 5.74) is 6.75. The molecular weight excluding hydrogens is 198 g/mol. The standard InChI is InChI=1S/C9H9N3O3/c10-7-3-1-6(2-4-7)5-8(13)11-12-9(14)15/h1-4H,5,10H2,(H,14,15). The number of nitrogen functional groups attached to an aromatic ring is 1. The summed E-state index contributed by atoms with van der Waals surface area (Å²) in [6, 6.07) is 6.64. The molecule has 0 aromatic heterocycles. The topological polar surface area (TPSA) is 105 Å². The highest BCUT2D eigenvalue weighted by Crippen LogP contribution is 2.06. The number of nitrogens with zero attached hydrogens (tertiary/aromatic N) is 2. The van der Waals surface area contributed by atoms with Crippen LogP contribution in [-0.2, 0) is 11.2 Å². The highest BCUT2D eigenvalue weighted by Gasteiger charge is 2.02. The number of azo groups is 1. The number of carbonyl (C=O) groups is 2. The summed E-state index contributed by atoms with van der Waals surface area (Å²) in [5.74, 6) is -0.609. The number of hydrogen-bond donors (Lipinski definition) is 2. The van der Waals surface area contributed by atoms with E-state index in [0.29, 0.717) is 11.3 Å². The second kappa shape index (κ2) is 4.85. The number of benzene rings is 1. The number of hydrogen-bond acceptors (Lipinski definition) is 3. The first kappa shape index (κ1) is 10.8. The molecule has 2 amide bonds. The van der Waals surface area contributed by atoms with Crippen molar-refractivity contribution >= 4 is 17.7 Å². The van der Waals surface area contributed by atoms with Crippen molar-refractivity contribution < 1.29 is 14.7 Å². The van der Waals surface area contributed by atoms with E-state index in [2.05, 4.69) is 10.2 Å². The zero-order chi connectivity index (χ0) is 11.3. The second-order valence-electron chi connectivity index (χ2n) is 2.79. The van der Waals surface area contributed by atoms with Gasteiger partial charge in [0.25, 0.3) is 5.91 Å². The maximum Gasteiger partial charge on any atom is 0.450 e. The Bertz CT molecular complexity index is 398. The molecule has 6 nitrogen and oxygen atoms in total. The lowest BCUT2D eigenvalue weighted by atomic mass is 10.1. The lowest BCUT2D eigenvalue weighted by molar-refractivity contribution is -0.117.